The van der Waals surface area contributed by atoms with E-state index < -0.39 is 0 Å². The summed E-state index contributed by atoms with van der Waals surface area (Å²) in [5, 5.41) is 0. The van der Waals surface area contributed by atoms with Gasteiger partial charge in [0.1, 0.15) is 0 Å². The highest BCUT2D eigenvalue weighted by Crippen LogP contribution is 2.32. The van der Waals surface area contributed by atoms with Crippen molar-refractivity contribution in [2.24, 2.45) is 11.8 Å². The van der Waals surface area contributed by atoms with Crippen LogP contribution in [0.1, 0.15) is 17.5 Å². The molecule has 0 bridgehead atoms. The molecule has 2 saturated heterocycles. The molecule has 130 valence electrons. The van der Waals surface area contributed by atoms with Gasteiger partial charge in [-0.15, -0.1) is 0 Å². The summed E-state index contributed by atoms with van der Waals surface area (Å²) in [4.78, 5) is 25.3. The fourth-order valence-corrected chi connectivity index (χ4v) is 4.12. The quantitative estimate of drug-likeness (QED) is 0.838. The van der Waals surface area contributed by atoms with Crippen molar-refractivity contribution in [3.05, 3.63) is 60.2 Å². The Bertz CT molecular complexity index is 692. The van der Waals surface area contributed by atoms with Crippen LogP contribution in [-0.4, -0.2) is 51.9 Å². The average molecular weight is 336 g/mol. The molecule has 2 fully saturated rings. The maximum Gasteiger partial charge on any atom is 0.222 e. The van der Waals surface area contributed by atoms with E-state index in [0.29, 0.717) is 24.2 Å². The summed E-state index contributed by atoms with van der Waals surface area (Å²) in [6.07, 6.45) is 8.70. The number of aromatic nitrogens is 2. The Kier molecular flexibility index (Phi) is 4.74. The summed E-state index contributed by atoms with van der Waals surface area (Å²) in [7, 11) is 0. The lowest BCUT2D eigenvalue weighted by molar-refractivity contribution is -0.130. The van der Waals surface area contributed by atoms with Crippen molar-refractivity contribution in [3.8, 4) is 0 Å². The molecule has 1 amide bonds. The van der Waals surface area contributed by atoms with Crippen molar-refractivity contribution < 1.29 is 4.79 Å². The van der Waals surface area contributed by atoms with E-state index in [1.54, 1.807) is 6.20 Å². The normalized spacial score (nSPS) is 23.0. The molecule has 2 aliphatic heterocycles. The Labute approximate surface area is 148 Å². The Hall–Kier alpha value is -2.27. The van der Waals surface area contributed by atoms with Crippen LogP contribution in [0, 0.1) is 11.8 Å². The monoisotopic (exact) mass is 336 g/mol. The van der Waals surface area contributed by atoms with Gasteiger partial charge in [0.15, 0.2) is 0 Å². The van der Waals surface area contributed by atoms with Crippen LogP contribution in [0.2, 0.25) is 0 Å². The van der Waals surface area contributed by atoms with Crippen LogP contribution in [0.4, 0.5) is 0 Å². The van der Waals surface area contributed by atoms with Crippen LogP contribution in [-0.2, 0) is 17.8 Å². The van der Waals surface area contributed by atoms with Gasteiger partial charge in [-0.25, -0.2) is 0 Å². The predicted octanol–water partition coefficient (Wildman–Crippen LogP) is 2.00. The molecule has 5 nitrogen and oxygen atoms in total. The van der Waals surface area contributed by atoms with E-state index in [9.17, 15) is 4.79 Å². The van der Waals surface area contributed by atoms with Crippen LogP contribution in [0.3, 0.4) is 0 Å². The number of hydrogen-bond acceptors (Lipinski definition) is 4. The van der Waals surface area contributed by atoms with E-state index in [0.717, 1.165) is 44.7 Å². The highest BCUT2D eigenvalue weighted by atomic mass is 16.2. The first kappa shape index (κ1) is 16.2. The second-order valence-electron chi connectivity index (χ2n) is 7.23. The van der Waals surface area contributed by atoms with Gasteiger partial charge < -0.3 is 4.90 Å². The second kappa shape index (κ2) is 7.31. The van der Waals surface area contributed by atoms with Crippen molar-refractivity contribution in [3.63, 3.8) is 0 Å². The summed E-state index contributed by atoms with van der Waals surface area (Å²) in [5.41, 5.74) is 2.46. The molecule has 0 aromatic carbocycles. The van der Waals surface area contributed by atoms with E-state index >= 15 is 0 Å². The highest BCUT2D eigenvalue weighted by Gasteiger charge is 2.41. The number of fused-ring (bicyclic) bond motifs is 1. The molecule has 4 rings (SSSR count). The molecule has 2 unspecified atom stereocenters. The number of carbonyl (C=O) groups is 1. The van der Waals surface area contributed by atoms with E-state index in [1.807, 2.05) is 30.7 Å². The first-order valence-electron chi connectivity index (χ1n) is 9.06. The minimum atomic E-state index is 0.291. The van der Waals surface area contributed by atoms with Crippen molar-refractivity contribution in [2.45, 2.75) is 19.4 Å². The van der Waals surface area contributed by atoms with Crippen molar-refractivity contribution >= 4 is 5.91 Å². The topological polar surface area (TPSA) is 49.3 Å². The zero-order valence-corrected chi connectivity index (χ0v) is 14.4. The van der Waals surface area contributed by atoms with E-state index in [2.05, 4.69) is 31.9 Å². The van der Waals surface area contributed by atoms with Gasteiger partial charge in [0.05, 0.1) is 0 Å². The molecule has 0 N–H and O–H groups in total. The maximum atomic E-state index is 12.5. The zero-order valence-electron chi connectivity index (χ0n) is 14.4. The summed E-state index contributed by atoms with van der Waals surface area (Å²) >= 11 is 0. The fourth-order valence-electron chi connectivity index (χ4n) is 4.12. The van der Waals surface area contributed by atoms with Crippen LogP contribution >= 0.6 is 0 Å². The van der Waals surface area contributed by atoms with Crippen LogP contribution < -0.4 is 0 Å². The Balaban J connectivity index is 1.25. The summed E-state index contributed by atoms with van der Waals surface area (Å²) in [6.45, 7) is 5.02. The molecule has 0 aliphatic carbocycles. The standard InChI is InChI=1S/C20H24N4O/c25-20(4-3-16-2-1-7-22-10-16)24-14-18-12-23(13-19(18)15-24)11-17-5-8-21-9-6-17/h1-2,5-10,18-19H,3-4,11-15H2. The predicted molar refractivity (Wildman–Crippen MR) is 95.6 cm³/mol. The fraction of sp³-hybridized carbons (Fsp3) is 0.450. The molecule has 2 aromatic rings. The Morgan fingerprint density at radius 3 is 2.40 bits per heavy atom. The van der Waals surface area contributed by atoms with Crippen molar-refractivity contribution in [2.75, 3.05) is 26.2 Å². The molecule has 25 heavy (non-hydrogen) atoms. The number of pyridine rings is 2. The first-order chi connectivity index (χ1) is 12.3. The second-order valence-corrected chi connectivity index (χ2v) is 7.23. The van der Waals surface area contributed by atoms with Crippen LogP contribution in [0.15, 0.2) is 49.1 Å². The van der Waals surface area contributed by atoms with Crippen LogP contribution in [0.5, 0.6) is 0 Å². The van der Waals surface area contributed by atoms with Gasteiger partial charge in [-0.1, -0.05) is 6.07 Å². The number of hydrogen-bond donors (Lipinski definition) is 0. The lowest BCUT2D eigenvalue weighted by atomic mass is 10.0. The SMILES string of the molecule is O=C(CCc1cccnc1)N1CC2CN(Cc3ccncc3)CC2C1. The molecule has 4 heterocycles. The van der Waals surface area contributed by atoms with Gasteiger partial charge in [-0.05, 0) is 47.6 Å². The molecule has 2 atom stereocenters. The van der Waals surface area contributed by atoms with Gasteiger partial charge in [-0.2, -0.15) is 0 Å². The molecule has 0 spiro atoms. The number of likely N-dealkylation sites (tertiary alicyclic amines) is 2. The molecule has 5 heteroatoms. The van der Waals surface area contributed by atoms with Gasteiger partial charge in [0.2, 0.25) is 5.91 Å². The third kappa shape index (κ3) is 3.87. The van der Waals surface area contributed by atoms with Gasteiger partial charge in [0.25, 0.3) is 0 Å². The molecule has 0 saturated carbocycles. The van der Waals surface area contributed by atoms with E-state index in [4.69, 9.17) is 0 Å². The van der Waals surface area contributed by atoms with Crippen molar-refractivity contribution in [1.29, 1.82) is 0 Å². The summed E-state index contributed by atoms with van der Waals surface area (Å²) in [6, 6.07) is 8.14. The smallest absolute Gasteiger partial charge is 0.222 e. The Morgan fingerprint density at radius 1 is 0.960 bits per heavy atom. The maximum absolute atomic E-state index is 12.5. The number of aryl methyl sites for hydroxylation is 1. The average Bonchev–Trinajstić information content (AvgIpc) is 3.20. The number of amides is 1. The molecular weight excluding hydrogens is 312 g/mol. The minimum absolute atomic E-state index is 0.291. The number of rotatable bonds is 5. The molecule has 0 radical (unpaired) electrons. The van der Waals surface area contributed by atoms with Gasteiger partial charge in [0, 0.05) is 63.9 Å². The number of nitrogens with zero attached hydrogens (tertiary/aromatic N) is 4. The largest absolute Gasteiger partial charge is 0.342 e. The third-order valence-corrected chi connectivity index (χ3v) is 5.42. The zero-order chi connectivity index (χ0) is 17.1. The van der Waals surface area contributed by atoms with Gasteiger partial charge in [-0.3, -0.25) is 19.7 Å². The molecular formula is C20H24N4O. The summed E-state index contributed by atoms with van der Waals surface area (Å²) in [5.74, 6) is 1.55. The van der Waals surface area contributed by atoms with Crippen LogP contribution in [0.25, 0.3) is 0 Å². The highest BCUT2D eigenvalue weighted by molar-refractivity contribution is 5.76. The van der Waals surface area contributed by atoms with Gasteiger partial charge >= 0.3 is 0 Å². The Morgan fingerprint density at radius 2 is 1.72 bits per heavy atom. The van der Waals surface area contributed by atoms with E-state index in [-0.39, 0.29) is 0 Å². The number of carbonyl (C=O) groups excluding carboxylic acids is 1. The lowest BCUT2D eigenvalue weighted by Gasteiger charge is -2.21. The van der Waals surface area contributed by atoms with E-state index in [1.165, 1.54) is 5.56 Å². The van der Waals surface area contributed by atoms with Crippen molar-refractivity contribution in [1.82, 2.24) is 19.8 Å². The molecule has 2 aliphatic rings. The molecule has 2 aromatic heterocycles. The first-order valence-corrected chi connectivity index (χ1v) is 9.06. The third-order valence-electron chi connectivity index (χ3n) is 5.42. The minimum Gasteiger partial charge on any atom is -0.342 e. The lowest BCUT2D eigenvalue weighted by Crippen LogP contribution is -2.33. The summed E-state index contributed by atoms with van der Waals surface area (Å²) < 4.78 is 0.